The molecule has 2 heterocycles. The zero-order chi connectivity index (χ0) is 8.82. The molecule has 2 rings (SSSR count). The summed E-state index contributed by atoms with van der Waals surface area (Å²) < 4.78 is 37.1. The number of hydrogen-bond acceptors (Lipinski definition) is 0. The number of nitrogens with zero attached hydrogens (tertiary/aromatic N) is 1. The van der Waals surface area contributed by atoms with Crippen LogP contribution in [0.25, 0.3) is 0 Å². The normalized spacial score (nSPS) is 33.8. The van der Waals surface area contributed by atoms with E-state index in [1.165, 1.54) is 0 Å². The van der Waals surface area contributed by atoms with Crippen molar-refractivity contribution in [2.75, 3.05) is 19.6 Å². The number of alkyl halides is 3. The highest BCUT2D eigenvalue weighted by Crippen LogP contribution is 2.44. The van der Waals surface area contributed by atoms with Gasteiger partial charge in [-0.05, 0) is 19.3 Å². The van der Waals surface area contributed by atoms with Gasteiger partial charge in [-0.1, -0.05) is 0 Å². The van der Waals surface area contributed by atoms with Gasteiger partial charge in [0.2, 0.25) is 6.04 Å². The van der Waals surface area contributed by atoms with Gasteiger partial charge in [-0.25, -0.2) is 0 Å². The molecule has 4 heteroatoms. The van der Waals surface area contributed by atoms with Gasteiger partial charge in [-0.15, -0.1) is 0 Å². The molecule has 70 valence electrons. The van der Waals surface area contributed by atoms with Crippen LogP contribution in [0.15, 0.2) is 0 Å². The van der Waals surface area contributed by atoms with Gasteiger partial charge >= 0.3 is 6.18 Å². The van der Waals surface area contributed by atoms with Gasteiger partial charge < -0.3 is 4.48 Å². The molecule has 0 radical (unpaired) electrons. The van der Waals surface area contributed by atoms with Crippen molar-refractivity contribution in [1.29, 1.82) is 0 Å². The first-order valence-corrected chi connectivity index (χ1v) is 4.47. The maximum absolute atomic E-state index is 12.3. The summed E-state index contributed by atoms with van der Waals surface area (Å²) in [6.45, 7) is 1.86. The van der Waals surface area contributed by atoms with Crippen molar-refractivity contribution in [2.24, 2.45) is 0 Å². The van der Waals surface area contributed by atoms with Gasteiger partial charge in [0.15, 0.2) is 0 Å². The van der Waals surface area contributed by atoms with E-state index in [2.05, 4.69) is 0 Å². The third-order valence-electron chi connectivity index (χ3n) is 3.15. The van der Waals surface area contributed by atoms with Crippen LogP contribution in [-0.2, 0) is 0 Å². The molecule has 2 fully saturated rings. The lowest BCUT2D eigenvalue weighted by atomic mass is 10.1. The van der Waals surface area contributed by atoms with Crippen molar-refractivity contribution in [1.82, 2.24) is 0 Å². The molecule has 0 saturated carbocycles. The number of quaternary nitrogens is 1. The molecule has 1 nitrogen and oxygen atoms in total. The van der Waals surface area contributed by atoms with Crippen molar-refractivity contribution in [3.8, 4) is 0 Å². The highest BCUT2D eigenvalue weighted by atomic mass is 19.4. The zero-order valence-electron chi connectivity index (χ0n) is 6.90. The predicted molar refractivity (Wildman–Crippen MR) is 38.6 cm³/mol. The molecule has 0 aromatic heterocycles. The van der Waals surface area contributed by atoms with Crippen molar-refractivity contribution in [3.05, 3.63) is 0 Å². The van der Waals surface area contributed by atoms with Gasteiger partial charge in [-0.2, -0.15) is 13.2 Å². The molecule has 0 bridgehead atoms. The Morgan fingerprint density at radius 3 is 2.00 bits per heavy atom. The molecule has 1 atom stereocenters. The largest absolute Gasteiger partial charge is 0.447 e. The summed E-state index contributed by atoms with van der Waals surface area (Å²) in [6, 6.07) is -1.02. The lowest BCUT2D eigenvalue weighted by Crippen LogP contribution is -2.39. The maximum atomic E-state index is 12.3. The Labute approximate surface area is 69.7 Å². The fourth-order valence-electron chi connectivity index (χ4n) is 2.35. The first-order chi connectivity index (χ1) is 5.55. The van der Waals surface area contributed by atoms with Crippen LogP contribution in [0.3, 0.4) is 0 Å². The average Bonchev–Trinajstić information content (AvgIpc) is 2.65. The Balaban J connectivity index is 1.99. The van der Waals surface area contributed by atoms with Gasteiger partial charge in [0.05, 0.1) is 13.1 Å². The molecule has 2 saturated heterocycles. The van der Waals surface area contributed by atoms with Crippen molar-refractivity contribution < 1.29 is 17.7 Å². The van der Waals surface area contributed by atoms with E-state index in [1.807, 2.05) is 0 Å². The molecule has 2 aliphatic rings. The van der Waals surface area contributed by atoms with E-state index in [9.17, 15) is 13.2 Å². The standard InChI is InChI=1S/C8H13F3N/c9-8(10,11)7-6-12(7)4-2-1-3-5-12/h7H,1-6H2/q+1/t7-/m1/s1. The molecular formula is C8H13F3N+. The molecule has 12 heavy (non-hydrogen) atoms. The summed E-state index contributed by atoms with van der Waals surface area (Å²) in [5.41, 5.74) is 0. The van der Waals surface area contributed by atoms with Gasteiger partial charge in [0.1, 0.15) is 6.54 Å². The molecular weight excluding hydrogens is 167 g/mol. The number of halogens is 3. The minimum Gasteiger partial charge on any atom is -0.304 e. The molecule has 0 aliphatic carbocycles. The fourth-order valence-corrected chi connectivity index (χ4v) is 2.35. The van der Waals surface area contributed by atoms with Gasteiger partial charge in [-0.3, -0.25) is 0 Å². The maximum Gasteiger partial charge on any atom is 0.447 e. The first-order valence-electron chi connectivity index (χ1n) is 4.47. The van der Waals surface area contributed by atoms with Crippen LogP contribution in [0, 0.1) is 0 Å². The topological polar surface area (TPSA) is 0 Å². The summed E-state index contributed by atoms with van der Waals surface area (Å²) in [5.74, 6) is 0. The minimum absolute atomic E-state index is 0.351. The van der Waals surface area contributed by atoms with Gasteiger partial charge in [0, 0.05) is 0 Å². The van der Waals surface area contributed by atoms with E-state index in [-0.39, 0.29) is 0 Å². The Bertz CT molecular complexity index is 181. The monoisotopic (exact) mass is 180 g/mol. The van der Waals surface area contributed by atoms with E-state index >= 15 is 0 Å². The SMILES string of the molecule is FC(F)(F)[C@H]1C[N+]12CCCCC2. The summed E-state index contributed by atoms with van der Waals surface area (Å²) >= 11 is 0. The van der Waals surface area contributed by atoms with Crippen LogP contribution < -0.4 is 0 Å². The summed E-state index contributed by atoms with van der Waals surface area (Å²) in [4.78, 5) is 0. The van der Waals surface area contributed by atoms with Crippen molar-refractivity contribution in [2.45, 2.75) is 31.5 Å². The second-order valence-electron chi connectivity index (χ2n) is 3.97. The molecule has 0 N–H and O–H groups in total. The van der Waals surface area contributed by atoms with Gasteiger partial charge in [0.25, 0.3) is 0 Å². The van der Waals surface area contributed by atoms with Crippen molar-refractivity contribution in [3.63, 3.8) is 0 Å². The van der Waals surface area contributed by atoms with E-state index in [0.717, 1.165) is 32.4 Å². The van der Waals surface area contributed by atoms with E-state index < -0.39 is 12.2 Å². The lowest BCUT2D eigenvalue weighted by Gasteiger charge is -2.25. The number of rotatable bonds is 0. The van der Waals surface area contributed by atoms with E-state index in [1.54, 1.807) is 0 Å². The second-order valence-corrected chi connectivity index (χ2v) is 3.97. The highest BCUT2D eigenvalue weighted by molar-refractivity contribution is 4.83. The predicted octanol–water partition coefficient (Wildman–Crippen LogP) is 1.93. The summed E-state index contributed by atoms with van der Waals surface area (Å²) in [5, 5.41) is 0. The lowest BCUT2D eigenvalue weighted by molar-refractivity contribution is -0.827. The van der Waals surface area contributed by atoms with E-state index in [0.29, 0.717) is 11.0 Å². The fraction of sp³-hybridized carbons (Fsp3) is 1.00. The zero-order valence-corrected chi connectivity index (χ0v) is 6.90. The Kier molecular flexibility index (Phi) is 1.65. The molecule has 0 unspecified atom stereocenters. The van der Waals surface area contributed by atoms with E-state index in [4.69, 9.17) is 0 Å². The molecule has 0 amide bonds. The third-order valence-corrected chi connectivity index (χ3v) is 3.15. The van der Waals surface area contributed by atoms with Crippen LogP contribution >= 0.6 is 0 Å². The number of hydrogen-bond donors (Lipinski definition) is 0. The Hall–Kier alpha value is -0.250. The minimum atomic E-state index is -3.95. The highest BCUT2D eigenvalue weighted by Gasteiger charge is 2.68. The summed E-state index contributed by atoms with van der Waals surface area (Å²) in [7, 11) is 0. The third kappa shape index (κ3) is 1.22. The quantitative estimate of drug-likeness (QED) is 0.394. The van der Waals surface area contributed by atoms with Crippen LogP contribution in [-0.4, -0.2) is 36.3 Å². The van der Waals surface area contributed by atoms with Crippen LogP contribution in [0.4, 0.5) is 13.2 Å². The summed E-state index contributed by atoms with van der Waals surface area (Å²) in [6.07, 6.45) is -0.874. The second kappa shape index (κ2) is 2.37. The average molecular weight is 180 g/mol. The molecule has 2 aliphatic heterocycles. The van der Waals surface area contributed by atoms with Crippen LogP contribution in [0.2, 0.25) is 0 Å². The first kappa shape index (κ1) is 8.35. The van der Waals surface area contributed by atoms with Crippen molar-refractivity contribution >= 4 is 0 Å². The molecule has 0 aromatic rings. The Morgan fingerprint density at radius 1 is 1.00 bits per heavy atom. The van der Waals surface area contributed by atoms with Crippen LogP contribution in [0.1, 0.15) is 19.3 Å². The smallest absolute Gasteiger partial charge is 0.304 e. The number of piperidine rings is 1. The molecule has 1 spiro atoms. The molecule has 0 aromatic carbocycles. The van der Waals surface area contributed by atoms with Crippen LogP contribution in [0.5, 0.6) is 0 Å². The Morgan fingerprint density at radius 2 is 1.58 bits per heavy atom.